The number of rotatable bonds is 11. The van der Waals surface area contributed by atoms with Crippen molar-refractivity contribution in [3.05, 3.63) is 82.7 Å². The van der Waals surface area contributed by atoms with Gasteiger partial charge in [-0.2, -0.15) is 0 Å². The molecule has 1 fully saturated rings. The highest BCUT2D eigenvalue weighted by atomic mass is 32.2. The van der Waals surface area contributed by atoms with Crippen molar-refractivity contribution in [3.8, 4) is 5.75 Å². The van der Waals surface area contributed by atoms with Crippen molar-refractivity contribution in [1.82, 2.24) is 4.90 Å². The van der Waals surface area contributed by atoms with Gasteiger partial charge in [-0.25, -0.2) is 26.4 Å². The number of benzene rings is 3. The molecular weight excluding hydrogens is 661 g/mol. The number of nitrogens with two attached hydrogens (primary N) is 1. The number of hydrogen-bond acceptors (Lipinski definition) is 9. The lowest BCUT2D eigenvalue weighted by molar-refractivity contribution is -0.143. The van der Waals surface area contributed by atoms with Crippen molar-refractivity contribution in [3.63, 3.8) is 0 Å². The summed E-state index contributed by atoms with van der Waals surface area (Å²) >= 11 is 0. The fraction of sp³-hybridized carbons (Fsp3) is 0.290. The van der Waals surface area contributed by atoms with Crippen molar-refractivity contribution in [2.75, 3.05) is 37.2 Å². The standard InChI is InChI=1S/C31H31F3N4O9S/c1-4-48(44,45)25-8-6-16(36-31(43)47-3)12-19(25)27-17(30(41)42)9-10-38(27)29(40)26(15-5-7-20(32)24(11-15)46-2)37-23-13-18(28(35)39)21(33)14-22(23)34/h5-8,11-14,17,26-27,37H,4,9-10H2,1-3H3,(H2,35,39)(H,36,43)(H,41,42)/t17-,26+,27+/m0/s1. The van der Waals surface area contributed by atoms with E-state index < -0.39 is 86.2 Å². The number of primary amides is 1. The van der Waals surface area contributed by atoms with E-state index in [1.54, 1.807) is 0 Å². The highest BCUT2D eigenvalue weighted by molar-refractivity contribution is 7.91. The molecule has 0 aliphatic carbocycles. The number of nitrogens with zero attached hydrogens (tertiary/aromatic N) is 1. The molecule has 0 unspecified atom stereocenters. The molecule has 5 N–H and O–H groups in total. The minimum absolute atomic E-state index is 0.0253. The van der Waals surface area contributed by atoms with Crippen LogP contribution in [0.5, 0.6) is 5.75 Å². The summed E-state index contributed by atoms with van der Waals surface area (Å²) < 4.78 is 79.9. The predicted octanol–water partition coefficient (Wildman–Crippen LogP) is 4.01. The van der Waals surface area contributed by atoms with Crippen LogP contribution in [0.2, 0.25) is 0 Å². The molecule has 0 bridgehead atoms. The Kier molecular flexibility index (Phi) is 10.5. The Morgan fingerprint density at radius 3 is 2.33 bits per heavy atom. The maximum atomic E-state index is 15.1. The second-order valence-corrected chi connectivity index (χ2v) is 12.9. The summed E-state index contributed by atoms with van der Waals surface area (Å²) in [5.74, 6) is -8.94. The maximum Gasteiger partial charge on any atom is 0.411 e. The lowest BCUT2D eigenvalue weighted by Crippen LogP contribution is -2.40. The Morgan fingerprint density at radius 2 is 1.73 bits per heavy atom. The third kappa shape index (κ3) is 7.15. The monoisotopic (exact) mass is 692 g/mol. The summed E-state index contributed by atoms with van der Waals surface area (Å²) in [6.07, 6.45) is -1.06. The topological polar surface area (TPSA) is 194 Å². The molecule has 48 heavy (non-hydrogen) atoms. The molecule has 3 aromatic rings. The third-order valence-corrected chi connectivity index (χ3v) is 9.65. The Morgan fingerprint density at radius 1 is 1.02 bits per heavy atom. The molecule has 3 amide bonds. The number of sulfone groups is 1. The second-order valence-electron chi connectivity index (χ2n) is 10.6. The molecule has 3 aromatic carbocycles. The molecule has 17 heteroatoms. The average molecular weight is 693 g/mol. The van der Waals surface area contributed by atoms with E-state index >= 15 is 4.39 Å². The fourth-order valence-electron chi connectivity index (χ4n) is 5.46. The largest absolute Gasteiger partial charge is 0.494 e. The quantitative estimate of drug-likeness (QED) is 0.228. The lowest BCUT2D eigenvalue weighted by Gasteiger charge is -2.33. The fourth-order valence-corrected chi connectivity index (χ4v) is 6.59. The summed E-state index contributed by atoms with van der Waals surface area (Å²) in [5.41, 5.74) is 3.82. The molecule has 4 rings (SSSR count). The van der Waals surface area contributed by atoms with E-state index in [1.165, 1.54) is 25.1 Å². The number of carbonyl (C=O) groups is 4. The number of aliphatic carboxylic acids is 1. The van der Waals surface area contributed by atoms with Gasteiger partial charge in [-0.1, -0.05) is 13.0 Å². The van der Waals surface area contributed by atoms with Crippen molar-refractivity contribution < 1.29 is 55.3 Å². The number of halogens is 3. The van der Waals surface area contributed by atoms with Gasteiger partial charge in [0, 0.05) is 18.3 Å². The molecule has 0 saturated carbocycles. The van der Waals surface area contributed by atoms with E-state index in [1.807, 2.05) is 0 Å². The summed E-state index contributed by atoms with van der Waals surface area (Å²) in [6, 6.07) is 4.87. The summed E-state index contributed by atoms with van der Waals surface area (Å²) in [5, 5.41) is 15.2. The van der Waals surface area contributed by atoms with Gasteiger partial charge in [0.15, 0.2) is 21.4 Å². The van der Waals surface area contributed by atoms with Gasteiger partial charge in [0.2, 0.25) is 5.91 Å². The minimum Gasteiger partial charge on any atom is -0.494 e. The average Bonchev–Trinajstić information content (AvgIpc) is 3.50. The number of anilines is 2. The van der Waals surface area contributed by atoms with Gasteiger partial charge in [-0.05, 0) is 53.9 Å². The Hall–Kier alpha value is -5.32. The summed E-state index contributed by atoms with van der Waals surface area (Å²) in [7, 11) is -1.80. The van der Waals surface area contributed by atoms with Gasteiger partial charge in [0.25, 0.3) is 5.91 Å². The first kappa shape index (κ1) is 35.5. The van der Waals surface area contributed by atoms with Crippen molar-refractivity contribution in [1.29, 1.82) is 0 Å². The number of carbonyl (C=O) groups excluding carboxylic acids is 3. The van der Waals surface area contributed by atoms with Crippen LogP contribution in [0, 0.1) is 23.4 Å². The zero-order chi connectivity index (χ0) is 35.5. The van der Waals surface area contributed by atoms with Crippen molar-refractivity contribution in [2.24, 2.45) is 11.7 Å². The normalized spacial score (nSPS) is 16.6. The SMILES string of the molecule is CCS(=O)(=O)c1ccc(NC(=O)OC)cc1[C@H]1[C@@H](C(=O)O)CCN1C(=O)[C@H](Nc1cc(C(N)=O)c(F)cc1F)c1ccc(F)c(OC)c1. The van der Waals surface area contributed by atoms with Gasteiger partial charge in [0.1, 0.15) is 17.7 Å². The van der Waals surface area contributed by atoms with E-state index in [9.17, 15) is 41.5 Å². The van der Waals surface area contributed by atoms with Crippen LogP contribution in [0.15, 0.2) is 53.4 Å². The van der Waals surface area contributed by atoms with E-state index in [0.717, 1.165) is 43.4 Å². The van der Waals surface area contributed by atoms with Crippen LogP contribution in [0.25, 0.3) is 0 Å². The Balaban J connectivity index is 1.93. The highest BCUT2D eigenvalue weighted by Crippen LogP contribution is 2.43. The van der Waals surface area contributed by atoms with Crippen LogP contribution in [0.3, 0.4) is 0 Å². The van der Waals surface area contributed by atoms with Crippen LogP contribution in [0.1, 0.15) is 46.9 Å². The molecule has 0 spiro atoms. The van der Waals surface area contributed by atoms with E-state index in [4.69, 9.17) is 10.5 Å². The molecule has 1 aliphatic rings. The van der Waals surface area contributed by atoms with Crippen LogP contribution in [-0.2, 0) is 24.2 Å². The second kappa shape index (κ2) is 14.2. The number of hydrogen-bond donors (Lipinski definition) is 4. The van der Waals surface area contributed by atoms with Crippen LogP contribution < -0.4 is 21.1 Å². The van der Waals surface area contributed by atoms with Gasteiger partial charge in [0.05, 0.1) is 48.1 Å². The number of amides is 3. The number of likely N-dealkylation sites (tertiary alicyclic amines) is 1. The molecular formula is C31H31F3N4O9S. The summed E-state index contributed by atoms with van der Waals surface area (Å²) in [6.45, 7) is 1.13. The number of ether oxygens (including phenoxy) is 2. The van der Waals surface area contributed by atoms with Gasteiger partial charge >= 0.3 is 12.1 Å². The maximum absolute atomic E-state index is 15.1. The molecule has 1 saturated heterocycles. The van der Waals surface area contributed by atoms with E-state index in [0.29, 0.717) is 6.07 Å². The molecule has 13 nitrogen and oxygen atoms in total. The van der Waals surface area contributed by atoms with E-state index in [2.05, 4.69) is 15.4 Å². The molecule has 3 atom stereocenters. The number of methoxy groups -OCH3 is 2. The number of nitrogens with one attached hydrogen (secondary N) is 2. The first-order valence-electron chi connectivity index (χ1n) is 14.3. The molecule has 0 radical (unpaired) electrons. The molecule has 256 valence electrons. The summed E-state index contributed by atoms with van der Waals surface area (Å²) in [4.78, 5) is 51.6. The smallest absolute Gasteiger partial charge is 0.411 e. The van der Waals surface area contributed by atoms with Gasteiger partial charge in [-0.3, -0.25) is 19.7 Å². The molecule has 0 aromatic heterocycles. The lowest BCUT2D eigenvalue weighted by atomic mass is 9.92. The van der Waals surface area contributed by atoms with Crippen molar-refractivity contribution >= 4 is 45.1 Å². The zero-order valence-electron chi connectivity index (χ0n) is 25.8. The molecule has 1 heterocycles. The van der Waals surface area contributed by atoms with Crippen LogP contribution in [-0.4, -0.2) is 68.8 Å². The van der Waals surface area contributed by atoms with Crippen LogP contribution >= 0.6 is 0 Å². The van der Waals surface area contributed by atoms with Gasteiger partial charge in [-0.15, -0.1) is 0 Å². The van der Waals surface area contributed by atoms with Crippen molar-refractivity contribution in [2.45, 2.75) is 30.3 Å². The van der Waals surface area contributed by atoms with Gasteiger partial charge < -0.3 is 30.5 Å². The first-order chi connectivity index (χ1) is 22.6. The Labute approximate surface area is 272 Å². The number of carboxylic acid groups (broad SMARTS) is 1. The zero-order valence-corrected chi connectivity index (χ0v) is 26.6. The first-order valence-corrected chi connectivity index (χ1v) is 15.9. The number of carboxylic acids is 1. The molecule has 1 aliphatic heterocycles. The third-order valence-electron chi connectivity index (χ3n) is 7.85. The van der Waals surface area contributed by atoms with E-state index in [-0.39, 0.29) is 40.4 Å². The minimum atomic E-state index is -4.05. The highest BCUT2D eigenvalue weighted by Gasteiger charge is 2.46. The Bertz CT molecular complexity index is 1890. The predicted molar refractivity (Wildman–Crippen MR) is 165 cm³/mol. The van der Waals surface area contributed by atoms with Crippen LogP contribution in [0.4, 0.5) is 29.3 Å².